The molecule has 0 fully saturated rings. The van der Waals surface area contributed by atoms with E-state index in [0.717, 1.165) is 11.3 Å². The first kappa shape index (κ1) is 11.1. The summed E-state index contributed by atoms with van der Waals surface area (Å²) in [6.07, 6.45) is 0. The molecule has 0 aliphatic rings. The Morgan fingerprint density at radius 3 is 2.81 bits per heavy atom. The molecular formula is C10H8N2O2S2. The molecule has 82 valence electrons. The van der Waals surface area contributed by atoms with Crippen molar-refractivity contribution >= 4 is 29.7 Å². The molecule has 0 unspecified atom stereocenters. The van der Waals surface area contributed by atoms with Crippen molar-refractivity contribution in [2.24, 2.45) is 0 Å². The van der Waals surface area contributed by atoms with Gasteiger partial charge in [-0.3, -0.25) is 10.1 Å². The van der Waals surface area contributed by atoms with Crippen molar-refractivity contribution in [3.8, 4) is 11.3 Å². The standard InChI is InChI=1S/C10H8N2O2S2/c1-6-2-3-7(4-9(6)12(13)14)8-5-16-10(15)11-8/h2-5H,1H3,(H,11,15). The third kappa shape index (κ3) is 2.07. The Morgan fingerprint density at radius 1 is 1.50 bits per heavy atom. The fourth-order valence-corrected chi connectivity index (χ4v) is 2.19. The van der Waals surface area contributed by atoms with E-state index in [1.165, 1.54) is 17.4 Å². The lowest BCUT2D eigenvalue weighted by Crippen LogP contribution is -1.92. The van der Waals surface area contributed by atoms with Crippen LogP contribution in [0.15, 0.2) is 27.9 Å². The fourth-order valence-electron chi connectivity index (χ4n) is 1.36. The van der Waals surface area contributed by atoms with Crippen LogP contribution in [0.25, 0.3) is 11.3 Å². The summed E-state index contributed by atoms with van der Waals surface area (Å²) < 4.78 is 0.651. The van der Waals surface area contributed by atoms with E-state index < -0.39 is 0 Å². The van der Waals surface area contributed by atoms with Gasteiger partial charge in [0.15, 0.2) is 0 Å². The van der Waals surface area contributed by atoms with Gasteiger partial charge in [0.05, 0.1) is 10.6 Å². The Labute approximate surface area is 102 Å². The van der Waals surface area contributed by atoms with Crippen LogP contribution in [0.1, 0.15) is 5.56 Å². The van der Waals surface area contributed by atoms with Crippen molar-refractivity contribution in [3.05, 3.63) is 39.3 Å². The lowest BCUT2D eigenvalue weighted by Gasteiger charge is -1.99. The molecule has 1 aromatic carbocycles. The molecule has 2 rings (SSSR count). The lowest BCUT2D eigenvalue weighted by atomic mass is 10.1. The van der Waals surface area contributed by atoms with E-state index in [4.69, 9.17) is 0 Å². The first-order valence-electron chi connectivity index (χ1n) is 4.48. The van der Waals surface area contributed by atoms with Gasteiger partial charge in [0.25, 0.3) is 5.69 Å². The molecule has 0 saturated heterocycles. The predicted octanol–water partition coefficient (Wildman–Crippen LogP) is 3.32. The van der Waals surface area contributed by atoms with E-state index in [1.807, 2.05) is 11.4 Å². The highest BCUT2D eigenvalue weighted by atomic mass is 32.2. The molecule has 0 aliphatic carbocycles. The van der Waals surface area contributed by atoms with Crippen molar-refractivity contribution < 1.29 is 4.92 Å². The van der Waals surface area contributed by atoms with Crippen molar-refractivity contribution in [3.63, 3.8) is 0 Å². The molecule has 4 nitrogen and oxygen atoms in total. The summed E-state index contributed by atoms with van der Waals surface area (Å²) in [5.74, 6) is 0. The number of aromatic nitrogens is 1. The summed E-state index contributed by atoms with van der Waals surface area (Å²) >= 11 is 5.52. The minimum Gasteiger partial charge on any atom is -0.258 e. The van der Waals surface area contributed by atoms with Gasteiger partial charge in [-0.25, -0.2) is 4.98 Å². The highest BCUT2D eigenvalue weighted by Crippen LogP contribution is 2.28. The number of thiol groups is 1. The van der Waals surface area contributed by atoms with Crippen molar-refractivity contribution in [1.29, 1.82) is 0 Å². The summed E-state index contributed by atoms with van der Waals surface area (Å²) in [5.41, 5.74) is 2.23. The summed E-state index contributed by atoms with van der Waals surface area (Å²) in [5, 5.41) is 12.6. The van der Waals surface area contributed by atoms with Gasteiger partial charge in [0.2, 0.25) is 0 Å². The molecule has 0 N–H and O–H groups in total. The molecule has 1 aromatic heterocycles. The second kappa shape index (κ2) is 4.23. The van der Waals surface area contributed by atoms with E-state index in [9.17, 15) is 10.1 Å². The lowest BCUT2D eigenvalue weighted by molar-refractivity contribution is -0.385. The van der Waals surface area contributed by atoms with Gasteiger partial charge >= 0.3 is 0 Å². The third-order valence-corrected chi connectivity index (χ3v) is 3.25. The van der Waals surface area contributed by atoms with Gasteiger partial charge in [-0.1, -0.05) is 12.1 Å². The first-order valence-corrected chi connectivity index (χ1v) is 5.80. The molecule has 16 heavy (non-hydrogen) atoms. The second-order valence-corrected chi connectivity index (χ2v) is 4.86. The highest BCUT2D eigenvalue weighted by molar-refractivity contribution is 7.82. The van der Waals surface area contributed by atoms with Crippen molar-refractivity contribution in [1.82, 2.24) is 4.98 Å². The van der Waals surface area contributed by atoms with E-state index >= 15 is 0 Å². The SMILES string of the molecule is Cc1ccc(-c2csc(S)n2)cc1[N+](=O)[O-]. The van der Waals surface area contributed by atoms with Crippen LogP contribution >= 0.6 is 24.0 Å². The Balaban J connectivity index is 2.51. The van der Waals surface area contributed by atoms with E-state index in [-0.39, 0.29) is 10.6 Å². The Bertz CT molecular complexity index is 552. The smallest absolute Gasteiger partial charge is 0.258 e. The predicted molar refractivity (Wildman–Crippen MR) is 66.2 cm³/mol. The summed E-state index contributed by atoms with van der Waals surface area (Å²) in [6.45, 7) is 1.72. The minimum absolute atomic E-state index is 0.117. The fraction of sp³-hybridized carbons (Fsp3) is 0.100. The van der Waals surface area contributed by atoms with Gasteiger partial charge in [-0.2, -0.15) is 0 Å². The topological polar surface area (TPSA) is 56.0 Å². The normalized spacial score (nSPS) is 10.4. The number of rotatable bonds is 2. The number of aryl methyl sites for hydroxylation is 1. The summed E-state index contributed by atoms with van der Waals surface area (Å²) in [6, 6.07) is 5.09. The molecule has 0 bridgehead atoms. The van der Waals surface area contributed by atoms with E-state index in [1.54, 1.807) is 13.0 Å². The average Bonchev–Trinajstić information content (AvgIpc) is 2.65. The monoisotopic (exact) mass is 252 g/mol. The molecule has 1 heterocycles. The van der Waals surface area contributed by atoms with Gasteiger partial charge in [-0.05, 0) is 6.92 Å². The molecule has 0 aliphatic heterocycles. The number of thiazole rings is 1. The molecule has 0 amide bonds. The van der Waals surface area contributed by atoms with Crippen LogP contribution in [0, 0.1) is 17.0 Å². The van der Waals surface area contributed by atoms with Crippen LogP contribution < -0.4 is 0 Å². The number of nitro benzene ring substituents is 1. The van der Waals surface area contributed by atoms with Crippen LogP contribution in [0.2, 0.25) is 0 Å². The Hall–Kier alpha value is -1.40. The van der Waals surface area contributed by atoms with Crippen LogP contribution in [0.4, 0.5) is 5.69 Å². The molecule has 0 atom stereocenters. The van der Waals surface area contributed by atoms with Gasteiger partial charge in [-0.15, -0.1) is 24.0 Å². The molecule has 0 spiro atoms. The molecular weight excluding hydrogens is 244 g/mol. The Morgan fingerprint density at radius 2 is 2.25 bits per heavy atom. The molecule has 2 aromatic rings. The van der Waals surface area contributed by atoms with Gasteiger partial charge < -0.3 is 0 Å². The number of benzene rings is 1. The maximum Gasteiger partial charge on any atom is 0.272 e. The number of nitro groups is 1. The summed E-state index contributed by atoms with van der Waals surface area (Å²) in [4.78, 5) is 14.6. The zero-order chi connectivity index (χ0) is 11.7. The van der Waals surface area contributed by atoms with Crippen molar-refractivity contribution in [2.45, 2.75) is 11.3 Å². The zero-order valence-corrected chi connectivity index (χ0v) is 10.1. The number of hydrogen-bond acceptors (Lipinski definition) is 5. The van der Waals surface area contributed by atoms with Crippen LogP contribution in [0.5, 0.6) is 0 Å². The van der Waals surface area contributed by atoms with Crippen LogP contribution in [0.3, 0.4) is 0 Å². The minimum atomic E-state index is -0.382. The third-order valence-electron chi connectivity index (χ3n) is 2.19. The Kier molecular flexibility index (Phi) is 2.93. The molecule has 0 saturated carbocycles. The van der Waals surface area contributed by atoms with E-state index in [0.29, 0.717) is 9.90 Å². The molecule has 0 radical (unpaired) electrons. The van der Waals surface area contributed by atoms with Gasteiger partial charge in [0.1, 0.15) is 4.34 Å². The van der Waals surface area contributed by atoms with E-state index in [2.05, 4.69) is 17.6 Å². The number of hydrogen-bond donors (Lipinski definition) is 1. The first-order chi connectivity index (χ1) is 7.58. The number of nitrogens with zero attached hydrogens (tertiary/aromatic N) is 2. The maximum absolute atomic E-state index is 10.8. The van der Waals surface area contributed by atoms with Gasteiger partial charge in [0, 0.05) is 22.6 Å². The quantitative estimate of drug-likeness (QED) is 0.507. The van der Waals surface area contributed by atoms with Crippen LogP contribution in [-0.4, -0.2) is 9.91 Å². The summed E-state index contributed by atoms with van der Waals surface area (Å²) in [7, 11) is 0. The zero-order valence-electron chi connectivity index (χ0n) is 8.38. The van der Waals surface area contributed by atoms with Crippen molar-refractivity contribution in [2.75, 3.05) is 0 Å². The maximum atomic E-state index is 10.8. The average molecular weight is 252 g/mol. The second-order valence-electron chi connectivity index (χ2n) is 3.27. The largest absolute Gasteiger partial charge is 0.272 e. The molecule has 6 heteroatoms. The highest BCUT2D eigenvalue weighted by Gasteiger charge is 2.12. The van der Waals surface area contributed by atoms with Crippen LogP contribution in [-0.2, 0) is 0 Å².